The molecule has 1 amide bonds. The number of hydrogen-bond acceptors (Lipinski definition) is 3. The highest BCUT2D eigenvalue weighted by Crippen LogP contribution is 2.24. The molecule has 0 radical (unpaired) electrons. The van der Waals surface area contributed by atoms with Gasteiger partial charge in [0.05, 0.1) is 4.90 Å². The summed E-state index contributed by atoms with van der Waals surface area (Å²) in [5, 5.41) is 2.51. The highest BCUT2D eigenvalue weighted by Gasteiger charge is 2.18. The predicted molar refractivity (Wildman–Crippen MR) is 95.8 cm³/mol. The Bertz CT molecular complexity index is 835. The van der Waals surface area contributed by atoms with Crippen molar-refractivity contribution in [3.8, 4) is 0 Å². The van der Waals surface area contributed by atoms with E-state index in [-0.39, 0.29) is 16.2 Å². The average molecular weight is 346 g/mol. The van der Waals surface area contributed by atoms with Crippen LogP contribution in [0.1, 0.15) is 36.7 Å². The number of benzene rings is 2. The number of carbonyl (C=O) groups is 1. The third-order valence-electron chi connectivity index (χ3n) is 3.63. The van der Waals surface area contributed by atoms with Crippen LogP contribution in [0.3, 0.4) is 0 Å². The van der Waals surface area contributed by atoms with Crippen LogP contribution in [0.2, 0.25) is 0 Å². The van der Waals surface area contributed by atoms with E-state index in [1.807, 2.05) is 12.1 Å². The van der Waals surface area contributed by atoms with Gasteiger partial charge in [-0.25, -0.2) is 8.42 Å². The number of carbonyl (C=O) groups excluding carboxylic acids is 1. The van der Waals surface area contributed by atoms with Crippen LogP contribution >= 0.6 is 0 Å². The van der Waals surface area contributed by atoms with Gasteiger partial charge in [0, 0.05) is 18.3 Å². The van der Waals surface area contributed by atoms with Crippen LogP contribution < -0.4 is 10.0 Å². The van der Waals surface area contributed by atoms with Gasteiger partial charge in [0.25, 0.3) is 15.9 Å². The first-order chi connectivity index (χ1) is 11.1. The lowest BCUT2D eigenvalue weighted by atomic mass is 9.87. The van der Waals surface area contributed by atoms with Crippen molar-refractivity contribution in [1.82, 2.24) is 5.32 Å². The summed E-state index contributed by atoms with van der Waals surface area (Å²) in [6.07, 6.45) is 0. The first-order valence-corrected chi connectivity index (χ1v) is 9.07. The Morgan fingerprint density at radius 1 is 1.00 bits per heavy atom. The molecule has 0 saturated carbocycles. The molecule has 24 heavy (non-hydrogen) atoms. The minimum absolute atomic E-state index is 0.0441. The van der Waals surface area contributed by atoms with Crippen molar-refractivity contribution in [2.45, 2.75) is 31.1 Å². The Hall–Kier alpha value is -2.34. The zero-order chi connectivity index (χ0) is 18.0. The van der Waals surface area contributed by atoms with E-state index in [1.54, 1.807) is 30.3 Å². The number of hydrogen-bond donors (Lipinski definition) is 2. The summed E-state index contributed by atoms with van der Waals surface area (Å²) in [4.78, 5) is 11.8. The van der Waals surface area contributed by atoms with E-state index in [0.717, 1.165) is 5.56 Å². The number of anilines is 1. The van der Waals surface area contributed by atoms with Crippen molar-refractivity contribution in [1.29, 1.82) is 0 Å². The molecule has 0 fully saturated rings. The van der Waals surface area contributed by atoms with Gasteiger partial charge in [0.15, 0.2) is 0 Å². The summed E-state index contributed by atoms with van der Waals surface area (Å²) in [5.41, 5.74) is 1.75. The fourth-order valence-electron chi connectivity index (χ4n) is 2.22. The molecule has 0 aliphatic rings. The van der Waals surface area contributed by atoms with Crippen molar-refractivity contribution in [2.24, 2.45) is 0 Å². The van der Waals surface area contributed by atoms with E-state index in [9.17, 15) is 13.2 Å². The monoisotopic (exact) mass is 346 g/mol. The van der Waals surface area contributed by atoms with E-state index < -0.39 is 10.0 Å². The maximum absolute atomic E-state index is 12.5. The van der Waals surface area contributed by atoms with E-state index in [2.05, 4.69) is 30.8 Å². The first-order valence-electron chi connectivity index (χ1n) is 7.59. The molecule has 5 nitrogen and oxygen atoms in total. The van der Waals surface area contributed by atoms with Gasteiger partial charge >= 0.3 is 0 Å². The topological polar surface area (TPSA) is 75.3 Å². The van der Waals surface area contributed by atoms with Crippen LogP contribution in [-0.2, 0) is 15.4 Å². The van der Waals surface area contributed by atoms with E-state index in [0.29, 0.717) is 11.3 Å². The smallest absolute Gasteiger partial charge is 0.261 e. The highest BCUT2D eigenvalue weighted by molar-refractivity contribution is 7.92. The Balaban J connectivity index is 2.27. The minimum Gasteiger partial charge on any atom is -0.355 e. The van der Waals surface area contributed by atoms with Crippen LogP contribution in [0, 0.1) is 0 Å². The maximum Gasteiger partial charge on any atom is 0.261 e. The van der Waals surface area contributed by atoms with E-state index in [4.69, 9.17) is 0 Å². The molecular formula is C18H22N2O3S. The standard InChI is InChI=1S/C18H22N2O3S/c1-18(2,3)14-8-10-16(11-9-14)24(22,23)20-15-7-5-6-13(12-15)17(21)19-4/h5-12,20H,1-4H3,(H,19,21). The lowest BCUT2D eigenvalue weighted by Gasteiger charge is -2.19. The molecule has 0 aliphatic heterocycles. The van der Waals surface area contributed by atoms with Crippen molar-refractivity contribution in [2.75, 3.05) is 11.8 Å². The molecule has 2 rings (SSSR count). The highest BCUT2D eigenvalue weighted by atomic mass is 32.2. The van der Waals surface area contributed by atoms with Crippen LogP contribution in [-0.4, -0.2) is 21.4 Å². The summed E-state index contributed by atoms with van der Waals surface area (Å²) in [6, 6.07) is 13.2. The van der Waals surface area contributed by atoms with Gasteiger partial charge in [-0.05, 0) is 41.3 Å². The lowest BCUT2D eigenvalue weighted by molar-refractivity contribution is 0.0963. The molecule has 2 aromatic carbocycles. The summed E-state index contributed by atoms with van der Waals surface area (Å²) in [7, 11) is -2.18. The average Bonchev–Trinajstić information content (AvgIpc) is 2.53. The zero-order valence-electron chi connectivity index (χ0n) is 14.3. The molecule has 0 saturated heterocycles. The summed E-state index contributed by atoms with van der Waals surface area (Å²) < 4.78 is 27.5. The van der Waals surface area contributed by atoms with Crippen molar-refractivity contribution in [3.63, 3.8) is 0 Å². The molecule has 0 spiro atoms. The fraction of sp³-hybridized carbons (Fsp3) is 0.278. The molecule has 2 N–H and O–H groups in total. The van der Waals surface area contributed by atoms with Gasteiger partial charge in [-0.15, -0.1) is 0 Å². The summed E-state index contributed by atoms with van der Waals surface area (Å²) >= 11 is 0. The number of rotatable bonds is 4. The lowest BCUT2D eigenvalue weighted by Crippen LogP contribution is -2.18. The number of sulfonamides is 1. The molecule has 0 atom stereocenters. The van der Waals surface area contributed by atoms with Crippen molar-refractivity contribution < 1.29 is 13.2 Å². The second-order valence-corrected chi connectivity index (χ2v) is 8.22. The number of nitrogens with one attached hydrogen (secondary N) is 2. The molecule has 0 unspecified atom stereocenters. The summed E-state index contributed by atoms with van der Waals surface area (Å²) in [6.45, 7) is 6.21. The Labute approximate surface area is 143 Å². The van der Waals surface area contributed by atoms with Gasteiger partial charge < -0.3 is 5.32 Å². The normalized spacial score (nSPS) is 11.8. The Morgan fingerprint density at radius 3 is 2.17 bits per heavy atom. The Kier molecular flexibility index (Phi) is 4.99. The SMILES string of the molecule is CNC(=O)c1cccc(NS(=O)(=O)c2ccc(C(C)(C)C)cc2)c1. The van der Waals surface area contributed by atoms with Crippen LogP contribution in [0.25, 0.3) is 0 Å². The molecule has 128 valence electrons. The quantitative estimate of drug-likeness (QED) is 0.893. The Morgan fingerprint density at radius 2 is 1.62 bits per heavy atom. The third-order valence-corrected chi connectivity index (χ3v) is 5.03. The van der Waals surface area contributed by atoms with Gasteiger partial charge in [-0.3, -0.25) is 9.52 Å². The van der Waals surface area contributed by atoms with Crippen LogP contribution in [0.5, 0.6) is 0 Å². The third kappa shape index (κ3) is 4.14. The van der Waals surface area contributed by atoms with E-state index in [1.165, 1.54) is 13.1 Å². The molecule has 2 aromatic rings. The zero-order valence-corrected chi connectivity index (χ0v) is 15.1. The molecular weight excluding hydrogens is 324 g/mol. The fourth-order valence-corrected chi connectivity index (χ4v) is 3.27. The largest absolute Gasteiger partial charge is 0.355 e. The first kappa shape index (κ1) is 18.0. The minimum atomic E-state index is -3.71. The van der Waals surface area contributed by atoms with Gasteiger partial charge in [-0.1, -0.05) is 39.0 Å². The van der Waals surface area contributed by atoms with Gasteiger partial charge in [0.1, 0.15) is 0 Å². The second kappa shape index (κ2) is 6.65. The molecule has 0 aliphatic carbocycles. The second-order valence-electron chi connectivity index (χ2n) is 6.54. The van der Waals surface area contributed by atoms with Crippen molar-refractivity contribution >= 4 is 21.6 Å². The molecule has 0 aromatic heterocycles. The van der Waals surface area contributed by atoms with Crippen LogP contribution in [0.4, 0.5) is 5.69 Å². The molecule has 0 bridgehead atoms. The van der Waals surface area contributed by atoms with Crippen LogP contribution in [0.15, 0.2) is 53.4 Å². The van der Waals surface area contributed by atoms with E-state index >= 15 is 0 Å². The molecule has 6 heteroatoms. The van der Waals surface area contributed by atoms with Gasteiger partial charge in [0.2, 0.25) is 0 Å². The maximum atomic E-state index is 12.5. The molecule has 0 heterocycles. The number of amides is 1. The predicted octanol–water partition coefficient (Wildman–Crippen LogP) is 3.14. The van der Waals surface area contributed by atoms with Gasteiger partial charge in [-0.2, -0.15) is 0 Å². The summed E-state index contributed by atoms with van der Waals surface area (Å²) in [5.74, 6) is -0.273. The van der Waals surface area contributed by atoms with Crippen molar-refractivity contribution in [3.05, 3.63) is 59.7 Å².